The zero-order valence-electron chi connectivity index (χ0n) is 11.1. The number of halogens is 3. The number of hydrogen-bond acceptors (Lipinski definition) is 5. The highest BCUT2D eigenvalue weighted by Crippen LogP contribution is 2.20. The topological polar surface area (TPSA) is 75.7 Å². The van der Waals surface area contributed by atoms with Gasteiger partial charge in [0.25, 0.3) is 5.95 Å². The van der Waals surface area contributed by atoms with Gasteiger partial charge in [0.2, 0.25) is 0 Å². The van der Waals surface area contributed by atoms with Gasteiger partial charge >= 0.3 is 5.51 Å². The third kappa shape index (κ3) is 9.91. The van der Waals surface area contributed by atoms with Crippen molar-refractivity contribution >= 4 is 21.0 Å². The highest BCUT2D eigenvalue weighted by atomic mass is 32.2. The summed E-state index contributed by atoms with van der Waals surface area (Å²) in [5, 5.41) is 0.518. The molecule has 0 aromatic heterocycles. The minimum atomic E-state index is -6.09. The van der Waals surface area contributed by atoms with E-state index in [-0.39, 0.29) is 0 Å². The van der Waals surface area contributed by atoms with E-state index in [1.807, 2.05) is 6.08 Å². The Hall–Kier alpha value is -0.610. The van der Waals surface area contributed by atoms with Crippen LogP contribution in [0.4, 0.5) is 13.2 Å². The molecule has 0 aromatic carbocycles. The number of rotatable bonds is 4. The van der Waals surface area contributed by atoms with Crippen molar-refractivity contribution in [1.82, 2.24) is 0 Å². The Morgan fingerprint density at radius 1 is 1.26 bits per heavy atom. The van der Waals surface area contributed by atoms with E-state index in [2.05, 4.69) is 19.4 Å². The first-order valence-corrected chi connectivity index (χ1v) is 8.26. The van der Waals surface area contributed by atoms with E-state index in [4.69, 9.17) is 22.4 Å². The number of alkyl halides is 3. The molecule has 0 heterocycles. The molecular weight excluding hydrogens is 309 g/mol. The average Bonchev–Trinajstić information content (AvgIpc) is 2.23. The summed E-state index contributed by atoms with van der Waals surface area (Å²) in [6.45, 7) is 2.15. The van der Waals surface area contributed by atoms with E-state index in [1.165, 1.54) is 0 Å². The first-order chi connectivity index (χ1) is 8.36. The van der Waals surface area contributed by atoms with Crippen LogP contribution in [-0.4, -0.2) is 50.5 Å². The molecule has 0 rings (SSSR count). The van der Waals surface area contributed by atoms with Gasteiger partial charge in [-0.3, -0.25) is 0 Å². The molecule has 1 unspecified atom stereocenters. The number of methoxy groups -OCH3 is 2. The van der Waals surface area contributed by atoms with Gasteiger partial charge < -0.3 is 14.0 Å². The molecule has 0 aromatic rings. The van der Waals surface area contributed by atoms with Crippen LogP contribution in [0, 0.1) is 0 Å². The van der Waals surface area contributed by atoms with Crippen LogP contribution in [0.15, 0.2) is 12.0 Å². The first kappa shape index (κ1) is 20.7. The summed E-state index contributed by atoms with van der Waals surface area (Å²) < 4.78 is 68.8. The smallest absolute Gasteiger partial charge is 0.485 e. The Kier molecular flexibility index (Phi) is 9.30. The Morgan fingerprint density at radius 3 is 1.74 bits per heavy atom. The van der Waals surface area contributed by atoms with Gasteiger partial charge in [-0.05, 0) is 17.8 Å². The summed E-state index contributed by atoms with van der Waals surface area (Å²) in [4.78, 5) is 0. The minimum Gasteiger partial charge on any atom is -0.741 e. The Morgan fingerprint density at radius 2 is 1.58 bits per heavy atom. The maximum absolute atomic E-state index is 10.7. The molecular formula is C9H17F3O5S2. The van der Waals surface area contributed by atoms with E-state index in [1.54, 1.807) is 14.2 Å². The molecule has 0 aliphatic carbocycles. The molecule has 0 saturated heterocycles. The van der Waals surface area contributed by atoms with Crippen molar-refractivity contribution in [2.75, 3.05) is 26.7 Å². The van der Waals surface area contributed by atoms with Crippen LogP contribution in [-0.2, 0) is 30.5 Å². The Balaban J connectivity index is 0. The highest BCUT2D eigenvalue weighted by molar-refractivity contribution is 7.96. The SMILES string of the molecule is COC(=CC(C)[S+](C)C)OC.O=S(=O)([O-])C(F)(F)F. The second-order valence-electron chi connectivity index (χ2n) is 3.38. The molecule has 5 nitrogen and oxygen atoms in total. The van der Waals surface area contributed by atoms with Gasteiger partial charge in [-0.2, -0.15) is 13.2 Å². The maximum atomic E-state index is 10.7. The van der Waals surface area contributed by atoms with Gasteiger partial charge in [-0.1, -0.05) is 0 Å². The first-order valence-electron chi connectivity index (χ1n) is 4.75. The zero-order valence-corrected chi connectivity index (χ0v) is 12.8. The van der Waals surface area contributed by atoms with Gasteiger partial charge in [0.15, 0.2) is 10.1 Å². The summed E-state index contributed by atoms with van der Waals surface area (Å²) in [5.74, 6) is 0.610. The largest absolute Gasteiger partial charge is 0.741 e. The van der Waals surface area contributed by atoms with E-state index < -0.39 is 15.6 Å². The molecule has 0 fully saturated rings. The fourth-order valence-corrected chi connectivity index (χ4v) is 0.930. The van der Waals surface area contributed by atoms with Crippen molar-refractivity contribution in [3.63, 3.8) is 0 Å². The van der Waals surface area contributed by atoms with Crippen LogP contribution >= 0.6 is 0 Å². The second-order valence-corrected chi connectivity index (χ2v) is 7.25. The molecule has 0 aliphatic rings. The maximum Gasteiger partial charge on any atom is 0.485 e. The van der Waals surface area contributed by atoms with Crippen molar-refractivity contribution in [3.05, 3.63) is 12.0 Å². The van der Waals surface area contributed by atoms with Crippen LogP contribution in [0.25, 0.3) is 0 Å². The molecule has 116 valence electrons. The molecule has 0 bridgehead atoms. The molecule has 0 radical (unpaired) electrons. The van der Waals surface area contributed by atoms with Crippen LogP contribution in [0.2, 0.25) is 0 Å². The van der Waals surface area contributed by atoms with Gasteiger partial charge in [0, 0.05) is 6.08 Å². The summed E-state index contributed by atoms with van der Waals surface area (Å²) in [6.07, 6.45) is 6.40. The summed E-state index contributed by atoms with van der Waals surface area (Å²) in [6, 6.07) is 0. The predicted octanol–water partition coefficient (Wildman–Crippen LogP) is 1.44. The molecule has 0 aliphatic heterocycles. The fourth-order valence-electron chi connectivity index (χ4n) is 0.547. The quantitative estimate of drug-likeness (QED) is 0.338. The molecule has 0 N–H and O–H groups in total. The van der Waals surface area contributed by atoms with Gasteiger partial charge in [0.1, 0.15) is 5.25 Å². The van der Waals surface area contributed by atoms with Gasteiger partial charge in [0.05, 0.1) is 26.7 Å². The van der Waals surface area contributed by atoms with E-state index in [0.717, 1.165) is 0 Å². The molecule has 1 atom stereocenters. The lowest BCUT2D eigenvalue weighted by atomic mass is 10.4. The molecule has 0 spiro atoms. The van der Waals surface area contributed by atoms with Crippen molar-refractivity contribution < 1.29 is 35.6 Å². The summed E-state index contributed by atoms with van der Waals surface area (Å²) >= 11 is 0. The third-order valence-corrected chi connectivity index (χ3v) is 3.99. The lowest BCUT2D eigenvalue weighted by molar-refractivity contribution is -0.0517. The Bertz CT molecular complexity index is 370. The van der Waals surface area contributed by atoms with Crippen LogP contribution < -0.4 is 0 Å². The molecule has 0 saturated carbocycles. The van der Waals surface area contributed by atoms with E-state index in [9.17, 15) is 13.2 Å². The van der Waals surface area contributed by atoms with E-state index in [0.29, 0.717) is 22.1 Å². The number of hydrogen-bond donors (Lipinski definition) is 0. The van der Waals surface area contributed by atoms with Crippen molar-refractivity contribution in [2.45, 2.75) is 17.7 Å². The zero-order chi connectivity index (χ0) is 15.9. The second kappa shape index (κ2) is 8.54. The lowest BCUT2D eigenvalue weighted by Crippen LogP contribution is -2.21. The highest BCUT2D eigenvalue weighted by Gasteiger charge is 2.36. The monoisotopic (exact) mass is 326 g/mol. The van der Waals surface area contributed by atoms with Crippen LogP contribution in [0.5, 0.6) is 0 Å². The molecule has 10 heteroatoms. The normalized spacial score (nSPS) is 13.2. The minimum absolute atomic E-state index is 0.380. The van der Waals surface area contributed by atoms with E-state index >= 15 is 0 Å². The summed E-state index contributed by atoms with van der Waals surface area (Å²) in [5.41, 5.74) is -5.65. The summed E-state index contributed by atoms with van der Waals surface area (Å²) in [7, 11) is -2.48. The fraction of sp³-hybridized carbons (Fsp3) is 0.778. The molecule has 19 heavy (non-hydrogen) atoms. The molecule has 0 amide bonds. The predicted molar refractivity (Wildman–Crippen MR) is 66.5 cm³/mol. The Labute approximate surface area is 113 Å². The van der Waals surface area contributed by atoms with Crippen LogP contribution in [0.1, 0.15) is 6.92 Å². The lowest BCUT2D eigenvalue weighted by Gasteiger charge is -2.08. The standard InChI is InChI=1S/C8H17O2S.CHF3O3S/c1-7(11(4)5)6-8(9-2)10-3;2-1(3,4)8(5,6)7/h6-7H,1-5H3;(H,5,6,7)/q+1;/p-1. The third-order valence-electron chi connectivity index (χ3n) is 1.80. The van der Waals surface area contributed by atoms with Gasteiger partial charge in [-0.25, -0.2) is 8.42 Å². The number of ether oxygens (including phenoxy) is 2. The van der Waals surface area contributed by atoms with Crippen molar-refractivity contribution in [2.24, 2.45) is 0 Å². The van der Waals surface area contributed by atoms with Gasteiger partial charge in [-0.15, -0.1) is 0 Å². The van der Waals surface area contributed by atoms with Crippen molar-refractivity contribution in [3.8, 4) is 0 Å². The van der Waals surface area contributed by atoms with Crippen LogP contribution in [0.3, 0.4) is 0 Å². The average molecular weight is 326 g/mol. The van der Waals surface area contributed by atoms with Crippen molar-refractivity contribution in [1.29, 1.82) is 0 Å².